The third kappa shape index (κ3) is 3.01. The Morgan fingerprint density at radius 2 is 2.35 bits per heavy atom. The van der Waals surface area contributed by atoms with E-state index < -0.39 is 5.69 Å². The van der Waals surface area contributed by atoms with Gasteiger partial charge in [0.1, 0.15) is 0 Å². The van der Waals surface area contributed by atoms with E-state index in [1.807, 2.05) is 11.4 Å². The highest BCUT2D eigenvalue weighted by molar-refractivity contribution is 7.12. The van der Waals surface area contributed by atoms with Gasteiger partial charge in [0.25, 0.3) is 0 Å². The first kappa shape index (κ1) is 12.0. The number of aromatic nitrogens is 2. The fraction of sp³-hybridized carbons (Fsp3) is 0.182. The number of aromatic amines is 1. The lowest BCUT2D eigenvalue weighted by Gasteiger charge is -2.01. The number of hydrogen-bond acceptors (Lipinski definition) is 4. The van der Waals surface area contributed by atoms with Crippen LogP contribution >= 0.6 is 22.9 Å². The first-order valence-electron chi connectivity index (χ1n) is 4.97. The van der Waals surface area contributed by atoms with Gasteiger partial charge in [-0.05, 0) is 17.9 Å². The molecular formula is C11H9ClN2O2S. The summed E-state index contributed by atoms with van der Waals surface area (Å²) in [6, 6.07) is 3.61. The normalized spacial score (nSPS) is 10.4. The third-order valence-electron chi connectivity index (χ3n) is 2.24. The molecule has 17 heavy (non-hydrogen) atoms. The van der Waals surface area contributed by atoms with Gasteiger partial charge < -0.3 is 4.98 Å². The highest BCUT2D eigenvalue weighted by Crippen LogP contribution is 2.15. The van der Waals surface area contributed by atoms with Crippen molar-refractivity contribution in [2.24, 2.45) is 0 Å². The molecule has 2 heterocycles. The summed E-state index contributed by atoms with van der Waals surface area (Å²) in [7, 11) is 0. The molecule has 1 N–H and O–H groups in total. The van der Waals surface area contributed by atoms with Crippen LogP contribution in [0.1, 0.15) is 21.8 Å². The Morgan fingerprint density at radius 1 is 1.53 bits per heavy atom. The molecule has 2 aromatic rings. The van der Waals surface area contributed by atoms with Crippen LogP contribution in [0.15, 0.2) is 28.5 Å². The first-order valence-corrected chi connectivity index (χ1v) is 6.23. The second kappa shape index (κ2) is 5.25. The molecule has 0 amide bonds. The zero-order chi connectivity index (χ0) is 12.3. The number of aryl methyl sites for hydroxylation is 1. The summed E-state index contributed by atoms with van der Waals surface area (Å²) in [5.41, 5.74) is 0.101. The van der Waals surface area contributed by atoms with Gasteiger partial charge in [-0.1, -0.05) is 17.7 Å². The molecule has 4 nitrogen and oxygen atoms in total. The molecule has 88 valence electrons. The fourth-order valence-corrected chi connectivity index (χ4v) is 2.28. The predicted octanol–water partition coefficient (Wildman–Crippen LogP) is 2.30. The third-order valence-corrected chi connectivity index (χ3v) is 3.48. The van der Waals surface area contributed by atoms with Crippen LogP contribution in [0.5, 0.6) is 0 Å². The smallest absolute Gasteiger partial charge is 0.308 e. The average molecular weight is 269 g/mol. The second-order valence-electron chi connectivity index (χ2n) is 3.42. The molecule has 0 spiro atoms. The molecule has 0 bridgehead atoms. The van der Waals surface area contributed by atoms with Crippen LogP contribution < -0.4 is 5.69 Å². The number of carbonyl (C=O) groups excluding carboxylic acids is 1. The van der Waals surface area contributed by atoms with Gasteiger partial charge in [0.15, 0.2) is 5.78 Å². The highest BCUT2D eigenvalue weighted by atomic mass is 35.5. The lowest BCUT2D eigenvalue weighted by molar-refractivity contribution is 0.0986. The maximum atomic E-state index is 11.7. The maximum Gasteiger partial charge on any atom is 0.345 e. The Balaban J connectivity index is 2.05. The van der Waals surface area contributed by atoms with Crippen LogP contribution in [-0.2, 0) is 6.42 Å². The molecule has 0 aromatic carbocycles. The Kier molecular flexibility index (Phi) is 3.71. The standard InChI is InChI=1S/C11H9ClN2O2S/c12-7-6-13-11(16)14-8(7)3-4-9(15)10-2-1-5-17-10/h1-2,5-6H,3-4H2,(H,13,14,16). The van der Waals surface area contributed by atoms with Gasteiger partial charge in [-0.25, -0.2) is 9.78 Å². The van der Waals surface area contributed by atoms with Crippen molar-refractivity contribution in [2.45, 2.75) is 12.8 Å². The number of rotatable bonds is 4. The minimum Gasteiger partial charge on any atom is -0.308 e. The van der Waals surface area contributed by atoms with E-state index in [9.17, 15) is 9.59 Å². The van der Waals surface area contributed by atoms with Crippen molar-refractivity contribution >= 4 is 28.7 Å². The van der Waals surface area contributed by atoms with Crippen molar-refractivity contribution in [2.75, 3.05) is 0 Å². The van der Waals surface area contributed by atoms with Crippen molar-refractivity contribution in [1.82, 2.24) is 9.97 Å². The van der Waals surface area contributed by atoms with Crippen molar-refractivity contribution in [1.29, 1.82) is 0 Å². The second-order valence-corrected chi connectivity index (χ2v) is 4.77. The molecular weight excluding hydrogens is 260 g/mol. The van der Waals surface area contributed by atoms with Gasteiger partial charge in [0, 0.05) is 12.1 Å². The molecule has 0 saturated carbocycles. The molecule has 0 aliphatic carbocycles. The van der Waals surface area contributed by atoms with E-state index in [0.29, 0.717) is 23.6 Å². The molecule has 0 aliphatic rings. The summed E-state index contributed by atoms with van der Waals surface area (Å²) < 4.78 is 0. The molecule has 6 heteroatoms. The largest absolute Gasteiger partial charge is 0.345 e. The van der Waals surface area contributed by atoms with Crippen LogP contribution in [0.2, 0.25) is 5.02 Å². The molecule has 0 fully saturated rings. The van der Waals surface area contributed by atoms with Crippen LogP contribution in [0.3, 0.4) is 0 Å². The van der Waals surface area contributed by atoms with Gasteiger partial charge >= 0.3 is 5.69 Å². The Bertz CT molecular complexity index is 577. The number of halogens is 1. The number of ketones is 1. The van der Waals surface area contributed by atoms with Crippen molar-refractivity contribution < 1.29 is 4.79 Å². The number of carbonyl (C=O) groups is 1. The number of nitrogens with zero attached hydrogens (tertiary/aromatic N) is 1. The van der Waals surface area contributed by atoms with Gasteiger partial charge in [-0.15, -0.1) is 11.3 Å². The zero-order valence-electron chi connectivity index (χ0n) is 8.77. The lowest BCUT2D eigenvalue weighted by Crippen LogP contribution is -2.13. The number of Topliss-reactive ketones (excluding diaryl/α,β-unsaturated/α-hetero) is 1. The molecule has 0 saturated heterocycles. The van der Waals surface area contributed by atoms with E-state index in [0.717, 1.165) is 4.88 Å². The van der Waals surface area contributed by atoms with Gasteiger partial charge in [-0.2, -0.15) is 0 Å². The summed E-state index contributed by atoms with van der Waals surface area (Å²) in [5.74, 6) is 0.0497. The minimum atomic E-state index is -0.451. The Labute approximate surface area is 106 Å². The van der Waals surface area contributed by atoms with Crippen LogP contribution in [0, 0.1) is 0 Å². The highest BCUT2D eigenvalue weighted by Gasteiger charge is 2.09. The Hall–Kier alpha value is -1.46. The van der Waals surface area contributed by atoms with E-state index in [2.05, 4.69) is 9.97 Å². The number of H-pyrrole nitrogens is 1. The molecule has 0 aliphatic heterocycles. The quantitative estimate of drug-likeness (QED) is 0.866. The molecule has 2 rings (SSSR count). The molecule has 0 unspecified atom stereocenters. The molecule has 0 radical (unpaired) electrons. The van der Waals surface area contributed by atoms with E-state index in [1.165, 1.54) is 17.5 Å². The molecule has 2 aromatic heterocycles. The van der Waals surface area contributed by atoms with E-state index >= 15 is 0 Å². The maximum absolute atomic E-state index is 11.7. The van der Waals surface area contributed by atoms with Crippen molar-refractivity contribution in [3.8, 4) is 0 Å². The van der Waals surface area contributed by atoms with Crippen LogP contribution in [0.4, 0.5) is 0 Å². The predicted molar refractivity (Wildman–Crippen MR) is 66.8 cm³/mol. The Morgan fingerprint density at radius 3 is 3.06 bits per heavy atom. The number of hydrogen-bond donors (Lipinski definition) is 1. The summed E-state index contributed by atoms with van der Waals surface area (Å²) in [6.07, 6.45) is 2.03. The van der Waals surface area contributed by atoms with E-state index in [1.54, 1.807) is 6.07 Å². The van der Waals surface area contributed by atoms with Crippen molar-refractivity contribution in [3.63, 3.8) is 0 Å². The fourth-order valence-electron chi connectivity index (χ4n) is 1.40. The minimum absolute atomic E-state index is 0.0497. The topological polar surface area (TPSA) is 62.8 Å². The van der Waals surface area contributed by atoms with Crippen molar-refractivity contribution in [3.05, 3.63) is 49.8 Å². The average Bonchev–Trinajstić information content (AvgIpc) is 2.83. The monoisotopic (exact) mass is 268 g/mol. The van der Waals surface area contributed by atoms with Crippen LogP contribution in [-0.4, -0.2) is 15.8 Å². The van der Waals surface area contributed by atoms with E-state index in [4.69, 9.17) is 11.6 Å². The summed E-state index contributed by atoms with van der Waals surface area (Å²) >= 11 is 7.27. The summed E-state index contributed by atoms with van der Waals surface area (Å²) in [4.78, 5) is 29.5. The lowest BCUT2D eigenvalue weighted by atomic mass is 10.1. The number of thiophene rings is 1. The van der Waals surface area contributed by atoms with E-state index in [-0.39, 0.29) is 5.78 Å². The molecule has 0 atom stereocenters. The zero-order valence-corrected chi connectivity index (χ0v) is 10.3. The van der Waals surface area contributed by atoms with Gasteiger partial charge in [0.05, 0.1) is 16.1 Å². The van der Waals surface area contributed by atoms with Crippen LogP contribution in [0.25, 0.3) is 0 Å². The van der Waals surface area contributed by atoms with Gasteiger partial charge in [-0.3, -0.25) is 4.79 Å². The number of nitrogens with one attached hydrogen (secondary N) is 1. The summed E-state index contributed by atoms with van der Waals surface area (Å²) in [5, 5.41) is 2.23. The van der Waals surface area contributed by atoms with Gasteiger partial charge in [0.2, 0.25) is 0 Å². The first-order chi connectivity index (χ1) is 8.16. The SMILES string of the molecule is O=C(CCc1[nH]c(=O)ncc1Cl)c1cccs1. The summed E-state index contributed by atoms with van der Waals surface area (Å²) in [6.45, 7) is 0.